The summed E-state index contributed by atoms with van der Waals surface area (Å²) in [5.74, 6) is -0.180. The minimum absolute atomic E-state index is 0.0591. The average Bonchev–Trinajstić information content (AvgIpc) is 3.15. The Hall–Kier alpha value is -3.77. The Labute approximate surface area is 193 Å². The van der Waals surface area contributed by atoms with Crippen molar-refractivity contribution < 1.29 is 14.3 Å². The van der Waals surface area contributed by atoms with Gasteiger partial charge in [-0.2, -0.15) is 5.26 Å². The van der Waals surface area contributed by atoms with E-state index in [-0.39, 0.29) is 17.9 Å². The van der Waals surface area contributed by atoms with Crippen molar-refractivity contribution in [2.45, 2.75) is 39.8 Å². The number of ether oxygens (including phenoxy) is 1. The Morgan fingerprint density at radius 2 is 2.06 bits per heavy atom. The molecule has 0 saturated carbocycles. The lowest BCUT2D eigenvalue weighted by Gasteiger charge is -2.25. The molecular weight excluding hydrogens is 420 g/mol. The number of benzene rings is 1. The molecule has 9 heteroatoms. The smallest absolute Gasteiger partial charge is 0.258 e. The maximum Gasteiger partial charge on any atom is 0.258 e. The highest BCUT2D eigenvalue weighted by molar-refractivity contribution is 6.04. The number of hydrogen-bond acceptors (Lipinski definition) is 6. The molecule has 3 aromatic rings. The Bertz CT molecular complexity index is 1190. The molecule has 0 fully saturated rings. The van der Waals surface area contributed by atoms with Crippen LogP contribution in [0.25, 0.3) is 11.2 Å². The topological polar surface area (TPSA) is 113 Å². The van der Waals surface area contributed by atoms with Gasteiger partial charge in [-0.3, -0.25) is 19.5 Å². The van der Waals surface area contributed by atoms with E-state index < -0.39 is 0 Å². The van der Waals surface area contributed by atoms with Crippen molar-refractivity contribution in [1.29, 1.82) is 5.26 Å². The molecule has 0 unspecified atom stereocenters. The number of anilines is 1. The molecule has 1 N–H and O–H groups in total. The van der Waals surface area contributed by atoms with Crippen LogP contribution in [-0.2, 0) is 11.3 Å². The molecule has 3 rings (SSSR count). The monoisotopic (exact) mass is 448 g/mol. The van der Waals surface area contributed by atoms with Crippen molar-refractivity contribution in [2.24, 2.45) is 0 Å². The summed E-state index contributed by atoms with van der Waals surface area (Å²) in [5.41, 5.74) is 2.27. The number of aromatic nitrogens is 3. The van der Waals surface area contributed by atoms with Gasteiger partial charge in [-0.25, -0.2) is 9.97 Å². The number of imidazole rings is 1. The number of nitriles is 1. The summed E-state index contributed by atoms with van der Waals surface area (Å²) in [6.45, 7) is 7.51. The van der Waals surface area contributed by atoms with Crippen LogP contribution in [0.15, 0.2) is 36.5 Å². The minimum Gasteiger partial charge on any atom is -0.385 e. The van der Waals surface area contributed by atoms with E-state index in [2.05, 4.69) is 15.3 Å². The molecule has 33 heavy (non-hydrogen) atoms. The van der Waals surface area contributed by atoms with E-state index in [0.717, 1.165) is 0 Å². The Kier molecular flexibility index (Phi) is 7.74. The van der Waals surface area contributed by atoms with Gasteiger partial charge in [0.25, 0.3) is 11.8 Å². The van der Waals surface area contributed by atoms with Crippen molar-refractivity contribution in [2.75, 3.05) is 25.6 Å². The first-order chi connectivity index (χ1) is 15.9. The fourth-order valence-electron chi connectivity index (χ4n) is 3.61. The molecule has 0 saturated heterocycles. The summed E-state index contributed by atoms with van der Waals surface area (Å²) in [5, 5.41) is 11.9. The number of hydrogen-bond donors (Lipinski definition) is 1. The highest BCUT2D eigenvalue weighted by Crippen LogP contribution is 2.21. The summed E-state index contributed by atoms with van der Waals surface area (Å²) in [6.07, 6.45) is 2.24. The van der Waals surface area contributed by atoms with Crippen molar-refractivity contribution in [3.63, 3.8) is 0 Å². The molecule has 0 aliphatic carbocycles. The molecule has 2 heterocycles. The number of fused-ring (bicyclic) bond motifs is 1. The molecule has 0 aliphatic heterocycles. The second kappa shape index (κ2) is 10.7. The third kappa shape index (κ3) is 5.35. The normalized spacial score (nSPS) is 10.9. The standard InChI is InChI=1S/C24H28N6O3/c1-5-29(16(2)3)23(32)19-13-20-21(26-15-19)30(10-7-11-33-4)24(27-20)28-22(31)18-9-6-8-17(12-18)14-25/h6,8-9,12-13,15-16H,5,7,10-11H2,1-4H3,(H,27,28,31). The van der Waals surface area contributed by atoms with Crippen LogP contribution in [0, 0.1) is 11.3 Å². The zero-order chi connectivity index (χ0) is 24.0. The molecule has 2 aromatic heterocycles. The predicted molar refractivity (Wildman–Crippen MR) is 125 cm³/mol. The van der Waals surface area contributed by atoms with Gasteiger partial charge in [0.2, 0.25) is 5.95 Å². The second-order valence-electron chi connectivity index (χ2n) is 7.83. The van der Waals surface area contributed by atoms with Crippen molar-refractivity contribution in [1.82, 2.24) is 19.4 Å². The molecule has 0 radical (unpaired) electrons. The number of methoxy groups -OCH3 is 1. The third-order valence-corrected chi connectivity index (χ3v) is 5.27. The third-order valence-electron chi connectivity index (χ3n) is 5.27. The van der Waals surface area contributed by atoms with Crippen LogP contribution >= 0.6 is 0 Å². The zero-order valence-corrected chi connectivity index (χ0v) is 19.3. The number of nitrogens with zero attached hydrogens (tertiary/aromatic N) is 5. The molecule has 0 atom stereocenters. The Balaban J connectivity index is 1.98. The van der Waals surface area contributed by atoms with E-state index in [4.69, 9.17) is 10.00 Å². The number of pyridine rings is 1. The highest BCUT2D eigenvalue weighted by atomic mass is 16.5. The van der Waals surface area contributed by atoms with Crippen LogP contribution in [0.5, 0.6) is 0 Å². The lowest BCUT2D eigenvalue weighted by molar-refractivity contribution is 0.0716. The van der Waals surface area contributed by atoms with Crippen LogP contribution in [0.1, 0.15) is 53.5 Å². The van der Waals surface area contributed by atoms with Crippen LogP contribution in [-0.4, -0.2) is 57.6 Å². The number of amides is 2. The van der Waals surface area contributed by atoms with Crippen LogP contribution in [0.4, 0.5) is 5.95 Å². The summed E-state index contributed by atoms with van der Waals surface area (Å²) >= 11 is 0. The lowest BCUT2D eigenvalue weighted by Crippen LogP contribution is -2.36. The maximum absolute atomic E-state index is 12.9. The van der Waals surface area contributed by atoms with Crippen LogP contribution in [0.3, 0.4) is 0 Å². The fourth-order valence-corrected chi connectivity index (χ4v) is 3.61. The van der Waals surface area contributed by atoms with Crippen molar-refractivity contribution in [3.8, 4) is 6.07 Å². The van der Waals surface area contributed by atoms with E-state index >= 15 is 0 Å². The number of rotatable bonds is 9. The first kappa shape index (κ1) is 23.9. The minimum atomic E-state index is -0.385. The van der Waals surface area contributed by atoms with Gasteiger partial charge in [0.15, 0.2) is 5.65 Å². The van der Waals surface area contributed by atoms with Gasteiger partial charge < -0.3 is 9.64 Å². The lowest BCUT2D eigenvalue weighted by atomic mass is 10.1. The molecule has 0 spiro atoms. The van der Waals surface area contributed by atoms with Gasteiger partial charge in [0.1, 0.15) is 5.52 Å². The Morgan fingerprint density at radius 3 is 2.73 bits per heavy atom. The van der Waals surface area contributed by atoms with Gasteiger partial charge in [-0.05, 0) is 51.5 Å². The van der Waals surface area contributed by atoms with Crippen molar-refractivity contribution in [3.05, 3.63) is 53.2 Å². The molecule has 9 nitrogen and oxygen atoms in total. The first-order valence-corrected chi connectivity index (χ1v) is 10.9. The van der Waals surface area contributed by atoms with E-state index in [1.54, 1.807) is 47.0 Å². The fraction of sp³-hybridized carbons (Fsp3) is 0.375. The molecular formula is C24H28N6O3. The molecule has 1 aromatic carbocycles. The van der Waals surface area contributed by atoms with Crippen LogP contribution in [0.2, 0.25) is 0 Å². The summed E-state index contributed by atoms with van der Waals surface area (Å²) in [4.78, 5) is 36.6. The van der Waals surface area contributed by atoms with Gasteiger partial charge in [-0.15, -0.1) is 0 Å². The SMILES string of the molecule is CCN(C(=O)c1cnc2c(c1)nc(NC(=O)c1cccc(C#N)c1)n2CCCOC)C(C)C. The molecule has 0 bridgehead atoms. The van der Waals surface area contributed by atoms with Crippen molar-refractivity contribution >= 4 is 28.9 Å². The maximum atomic E-state index is 12.9. The van der Waals surface area contributed by atoms with Gasteiger partial charge in [0.05, 0.1) is 17.2 Å². The predicted octanol–water partition coefficient (Wildman–Crippen LogP) is 3.46. The first-order valence-electron chi connectivity index (χ1n) is 10.9. The molecule has 0 aliphatic rings. The van der Waals surface area contributed by atoms with E-state index in [1.165, 1.54) is 6.07 Å². The van der Waals surface area contributed by atoms with E-state index in [1.807, 2.05) is 26.8 Å². The molecule has 172 valence electrons. The number of aryl methyl sites for hydroxylation is 1. The number of nitrogens with one attached hydrogen (secondary N) is 1. The molecule has 2 amide bonds. The average molecular weight is 449 g/mol. The Morgan fingerprint density at radius 1 is 1.27 bits per heavy atom. The largest absolute Gasteiger partial charge is 0.385 e. The summed E-state index contributed by atoms with van der Waals surface area (Å²) < 4.78 is 6.96. The number of carbonyl (C=O) groups is 2. The zero-order valence-electron chi connectivity index (χ0n) is 19.3. The number of carbonyl (C=O) groups excluding carboxylic acids is 2. The highest BCUT2D eigenvalue weighted by Gasteiger charge is 2.21. The van der Waals surface area contributed by atoms with E-state index in [9.17, 15) is 9.59 Å². The van der Waals surface area contributed by atoms with Gasteiger partial charge in [0, 0.05) is 44.6 Å². The van der Waals surface area contributed by atoms with Gasteiger partial charge >= 0.3 is 0 Å². The quantitative estimate of drug-likeness (QED) is 0.502. The van der Waals surface area contributed by atoms with Crippen LogP contribution < -0.4 is 5.32 Å². The van der Waals surface area contributed by atoms with E-state index in [0.29, 0.717) is 59.9 Å². The summed E-state index contributed by atoms with van der Waals surface area (Å²) in [7, 11) is 1.63. The van der Waals surface area contributed by atoms with Gasteiger partial charge in [-0.1, -0.05) is 6.07 Å². The second-order valence-corrected chi connectivity index (χ2v) is 7.83. The summed E-state index contributed by atoms with van der Waals surface area (Å²) in [6, 6.07) is 10.2.